The predicted octanol–water partition coefficient (Wildman–Crippen LogP) is 3.30. The zero-order valence-corrected chi connectivity index (χ0v) is 10.3. The van der Waals surface area contributed by atoms with Gasteiger partial charge in [0.25, 0.3) is 0 Å². The lowest BCUT2D eigenvalue weighted by Gasteiger charge is -2.22. The molecule has 0 amide bonds. The van der Waals surface area contributed by atoms with E-state index in [0.717, 1.165) is 31.4 Å². The van der Waals surface area contributed by atoms with Crippen molar-refractivity contribution in [3.05, 3.63) is 34.5 Å². The minimum absolute atomic E-state index is 0.0871. The van der Waals surface area contributed by atoms with Crippen molar-refractivity contribution in [3.8, 4) is 0 Å². The van der Waals surface area contributed by atoms with Gasteiger partial charge < -0.3 is 4.74 Å². The minimum Gasteiger partial charge on any atom is -0.357 e. The highest BCUT2D eigenvalue weighted by atomic mass is 16.5. The van der Waals surface area contributed by atoms with Crippen LogP contribution in [0.2, 0.25) is 0 Å². The Labute approximate surface area is 106 Å². The van der Waals surface area contributed by atoms with Crippen LogP contribution in [0.1, 0.15) is 37.5 Å². The third-order valence-corrected chi connectivity index (χ3v) is 2.84. The number of nitrogens with zero attached hydrogens (tertiary/aromatic N) is 5. The Morgan fingerprint density at radius 2 is 2.56 bits per heavy atom. The first-order valence-corrected chi connectivity index (χ1v) is 6.23. The largest absolute Gasteiger partial charge is 0.357 e. The number of hydrogen-bond donors (Lipinski definition) is 0. The van der Waals surface area contributed by atoms with Gasteiger partial charge in [0.15, 0.2) is 0 Å². The fourth-order valence-corrected chi connectivity index (χ4v) is 1.93. The molecule has 0 aliphatic carbocycles. The minimum atomic E-state index is 0.0871. The van der Waals surface area contributed by atoms with Crippen LogP contribution in [0, 0.1) is 0 Å². The lowest BCUT2D eigenvalue weighted by Crippen LogP contribution is -2.18. The molecular weight excluding hydrogens is 230 g/mol. The van der Waals surface area contributed by atoms with Crippen LogP contribution >= 0.6 is 0 Å². The number of rotatable bonds is 5. The Hall–Kier alpha value is -1.78. The van der Waals surface area contributed by atoms with E-state index in [9.17, 15) is 0 Å². The summed E-state index contributed by atoms with van der Waals surface area (Å²) >= 11 is 0. The first-order valence-electron chi connectivity index (χ1n) is 6.23. The van der Waals surface area contributed by atoms with Gasteiger partial charge in [-0.05, 0) is 31.2 Å². The monoisotopic (exact) mass is 247 g/mol. The van der Waals surface area contributed by atoms with E-state index in [0.29, 0.717) is 6.54 Å². The van der Waals surface area contributed by atoms with Crippen LogP contribution < -0.4 is 0 Å². The Morgan fingerprint density at radius 3 is 3.33 bits per heavy atom. The molecule has 1 aromatic heterocycles. The van der Waals surface area contributed by atoms with Gasteiger partial charge in [-0.1, -0.05) is 17.3 Å². The van der Waals surface area contributed by atoms with Crippen LogP contribution in [0.5, 0.6) is 0 Å². The summed E-state index contributed by atoms with van der Waals surface area (Å²) in [6.07, 6.45) is 12.0. The molecule has 6 heteroatoms. The fourth-order valence-electron chi connectivity index (χ4n) is 1.93. The van der Waals surface area contributed by atoms with Crippen LogP contribution in [-0.4, -0.2) is 22.9 Å². The second-order valence-electron chi connectivity index (χ2n) is 4.22. The molecule has 1 aliphatic heterocycles. The van der Waals surface area contributed by atoms with E-state index in [-0.39, 0.29) is 6.23 Å². The summed E-state index contributed by atoms with van der Waals surface area (Å²) in [6, 6.07) is 0. The van der Waals surface area contributed by atoms with Crippen molar-refractivity contribution in [2.45, 2.75) is 31.9 Å². The quantitative estimate of drug-likeness (QED) is 0.346. The van der Waals surface area contributed by atoms with Crippen molar-refractivity contribution < 1.29 is 4.74 Å². The molecule has 1 fully saturated rings. The molecule has 0 N–H and O–H groups in total. The highest BCUT2D eigenvalue weighted by Gasteiger charge is 2.15. The highest BCUT2D eigenvalue weighted by Crippen LogP contribution is 2.21. The first kappa shape index (κ1) is 12.7. The van der Waals surface area contributed by atoms with Gasteiger partial charge in [-0.25, -0.2) is 4.68 Å². The maximum absolute atomic E-state index is 8.14. The van der Waals surface area contributed by atoms with Crippen molar-refractivity contribution in [1.82, 2.24) is 9.78 Å². The first-order chi connectivity index (χ1) is 8.90. The average Bonchev–Trinajstić information content (AvgIpc) is 2.88. The molecule has 1 atom stereocenters. The Bertz CT molecular complexity index is 441. The van der Waals surface area contributed by atoms with Gasteiger partial charge in [0.2, 0.25) is 0 Å². The van der Waals surface area contributed by atoms with Crippen LogP contribution in [0.25, 0.3) is 16.5 Å². The van der Waals surface area contributed by atoms with Crippen LogP contribution in [0.15, 0.2) is 23.6 Å². The molecule has 18 heavy (non-hydrogen) atoms. The van der Waals surface area contributed by atoms with Gasteiger partial charge in [0.05, 0.1) is 6.20 Å². The maximum Gasteiger partial charge on any atom is 0.150 e. The third kappa shape index (κ3) is 3.61. The molecule has 96 valence electrons. The molecule has 1 aliphatic rings. The molecule has 0 spiro atoms. The van der Waals surface area contributed by atoms with E-state index in [1.807, 2.05) is 29.2 Å². The second kappa shape index (κ2) is 6.83. The molecule has 0 unspecified atom stereocenters. The van der Waals surface area contributed by atoms with Gasteiger partial charge in [-0.15, -0.1) is 0 Å². The standard InChI is InChI=1S/C12H17N5O/c13-16-14-7-3-1-5-11-9-15-17(10-11)12-6-2-4-8-18-12/h1,5,9-10,12H,2-4,6-8H2/t12-/m0/s1. The summed E-state index contributed by atoms with van der Waals surface area (Å²) in [5.41, 5.74) is 9.18. The van der Waals surface area contributed by atoms with Gasteiger partial charge in [0.1, 0.15) is 6.23 Å². The highest BCUT2D eigenvalue weighted by molar-refractivity contribution is 5.46. The SMILES string of the molecule is [N-]=[N+]=NCCC=Cc1cnn([C@@H]2CCCCO2)c1. The Balaban J connectivity index is 1.87. The lowest BCUT2D eigenvalue weighted by molar-refractivity contribution is -0.0394. The summed E-state index contributed by atoms with van der Waals surface area (Å²) in [6.45, 7) is 1.31. The summed E-state index contributed by atoms with van der Waals surface area (Å²) < 4.78 is 7.54. The van der Waals surface area contributed by atoms with E-state index >= 15 is 0 Å². The zero-order valence-electron chi connectivity index (χ0n) is 10.3. The lowest BCUT2D eigenvalue weighted by atomic mass is 10.2. The van der Waals surface area contributed by atoms with Gasteiger partial charge in [-0.3, -0.25) is 0 Å². The van der Waals surface area contributed by atoms with E-state index < -0.39 is 0 Å². The number of ether oxygens (including phenoxy) is 1. The molecular formula is C12H17N5O. The summed E-state index contributed by atoms with van der Waals surface area (Å²) in [5.74, 6) is 0. The molecule has 1 aromatic rings. The van der Waals surface area contributed by atoms with E-state index in [4.69, 9.17) is 10.3 Å². The molecule has 6 nitrogen and oxygen atoms in total. The Kier molecular flexibility index (Phi) is 4.81. The van der Waals surface area contributed by atoms with E-state index in [1.165, 1.54) is 6.42 Å². The van der Waals surface area contributed by atoms with Crippen molar-refractivity contribution in [2.75, 3.05) is 13.2 Å². The molecule has 0 bridgehead atoms. The average molecular weight is 247 g/mol. The number of aromatic nitrogens is 2. The Morgan fingerprint density at radius 1 is 1.61 bits per heavy atom. The topological polar surface area (TPSA) is 75.8 Å². The van der Waals surface area contributed by atoms with E-state index in [2.05, 4.69) is 15.1 Å². The van der Waals surface area contributed by atoms with Gasteiger partial charge in [-0.2, -0.15) is 5.10 Å². The predicted molar refractivity (Wildman–Crippen MR) is 68.7 cm³/mol. The smallest absolute Gasteiger partial charge is 0.150 e. The van der Waals surface area contributed by atoms with Crippen LogP contribution in [0.3, 0.4) is 0 Å². The van der Waals surface area contributed by atoms with E-state index in [1.54, 1.807) is 0 Å². The molecule has 2 heterocycles. The summed E-state index contributed by atoms with van der Waals surface area (Å²) in [7, 11) is 0. The number of hydrogen-bond acceptors (Lipinski definition) is 3. The molecule has 1 saturated heterocycles. The zero-order chi connectivity index (χ0) is 12.6. The van der Waals surface area contributed by atoms with Gasteiger partial charge in [0, 0.05) is 29.8 Å². The van der Waals surface area contributed by atoms with Crippen LogP contribution in [-0.2, 0) is 4.74 Å². The molecule has 0 saturated carbocycles. The second-order valence-corrected chi connectivity index (χ2v) is 4.22. The molecule has 0 aromatic carbocycles. The van der Waals surface area contributed by atoms with Crippen LogP contribution in [0.4, 0.5) is 0 Å². The maximum atomic E-state index is 8.14. The third-order valence-electron chi connectivity index (χ3n) is 2.84. The fraction of sp³-hybridized carbons (Fsp3) is 0.583. The van der Waals surface area contributed by atoms with Gasteiger partial charge >= 0.3 is 0 Å². The van der Waals surface area contributed by atoms with Crippen molar-refractivity contribution in [1.29, 1.82) is 0 Å². The van der Waals surface area contributed by atoms with Crippen molar-refractivity contribution >= 4 is 6.08 Å². The summed E-state index contributed by atoms with van der Waals surface area (Å²) in [5, 5.41) is 7.78. The normalized spacial score (nSPS) is 19.9. The molecule has 2 rings (SSSR count). The summed E-state index contributed by atoms with van der Waals surface area (Å²) in [4.78, 5) is 2.70. The number of azide groups is 1. The van der Waals surface area contributed by atoms with Crippen molar-refractivity contribution in [3.63, 3.8) is 0 Å². The van der Waals surface area contributed by atoms with Crippen molar-refractivity contribution in [2.24, 2.45) is 5.11 Å². The molecule has 0 radical (unpaired) electrons.